The fourth-order valence-electron chi connectivity index (χ4n) is 4.99. The molecular weight excluding hydrogens is 575 g/mol. The summed E-state index contributed by atoms with van der Waals surface area (Å²) < 4.78 is 5.56. The molecule has 3 aromatic carbocycles. The Morgan fingerprint density at radius 3 is 2.24 bits per heavy atom. The van der Waals surface area contributed by atoms with Crippen LogP contribution in [-0.4, -0.2) is 76.3 Å². The zero-order chi connectivity index (χ0) is 30.1. The molecule has 0 spiro atoms. The predicted octanol–water partition coefficient (Wildman–Crippen LogP) is 6.04. The molecule has 3 aromatic rings. The largest absolute Gasteiger partial charge is 0.495 e. The molecule has 3 amide bonds. The van der Waals surface area contributed by atoms with E-state index in [4.69, 9.17) is 27.9 Å². The van der Waals surface area contributed by atoms with Crippen molar-refractivity contribution >= 4 is 57.9 Å². The number of carbonyl (C=O) groups excluding carboxylic acids is 2. The molecule has 1 aliphatic heterocycles. The number of ether oxygens (including phenoxy) is 1. The SMILES string of the molecule is CCN(CC)CCNC(=O)c1cc(NC(=O)Nc2ccc(Cl)cc2Cl)ccc1N1CCN(c2ccccc2OC)CC1. The predicted molar refractivity (Wildman–Crippen MR) is 173 cm³/mol. The minimum atomic E-state index is -0.481. The summed E-state index contributed by atoms with van der Waals surface area (Å²) in [6.07, 6.45) is 0. The van der Waals surface area contributed by atoms with Crippen molar-refractivity contribution in [2.45, 2.75) is 13.8 Å². The van der Waals surface area contributed by atoms with Gasteiger partial charge in [0.05, 0.1) is 29.1 Å². The number of nitrogens with one attached hydrogen (secondary N) is 3. The molecule has 0 aliphatic carbocycles. The molecule has 1 heterocycles. The van der Waals surface area contributed by atoms with Gasteiger partial charge in [0.2, 0.25) is 0 Å². The molecule has 42 heavy (non-hydrogen) atoms. The van der Waals surface area contributed by atoms with E-state index in [2.05, 4.69) is 50.6 Å². The van der Waals surface area contributed by atoms with E-state index >= 15 is 0 Å². The van der Waals surface area contributed by atoms with Crippen LogP contribution in [0.5, 0.6) is 5.75 Å². The van der Waals surface area contributed by atoms with Crippen molar-refractivity contribution in [2.24, 2.45) is 0 Å². The quantitative estimate of drug-likeness (QED) is 0.244. The van der Waals surface area contributed by atoms with Gasteiger partial charge in [-0.3, -0.25) is 4.79 Å². The number of piperazine rings is 1. The molecule has 1 fully saturated rings. The van der Waals surface area contributed by atoms with Crippen molar-refractivity contribution in [2.75, 3.05) is 79.9 Å². The summed E-state index contributed by atoms with van der Waals surface area (Å²) in [5, 5.41) is 9.42. The molecule has 0 aromatic heterocycles. The van der Waals surface area contributed by atoms with Gasteiger partial charge in [0, 0.05) is 55.7 Å². The van der Waals surface area contributed by atoms with Gasteiger partial charge in [0.1, 0.15) is 5.75 Å². The smallest absolute Gasteiger partial charge is 0.323 e. The number of amides is 3. The number of methoxy groups -OCH3 is 1. The Bertz CT molecular complexity index is 1380. The van der Waals surface area contributed by atoms with Crippen LogP contribution < -0.4 is 30.5 Å². The second kappa shape index (κ2) is 15.0. The Kier molecular flexibility index (Phi) is 11.2. The number of anilines is 4. The zero-order valence-corrected chi connectivity index (χ0v) is 25.8. The maximum Gasteiger partial charge on any atom is 0.323 e. The lowest BCUT2D eigenvalue weighted by Gasteiger charge is -2.38. The van der Waals surface area contributed by atoms with Crippen molar-refractivity contribution in [3.8, 4) is 5.75 Å². The lowest BCUT2D eigenvalue weighted by Crippen LogP contribution is -2.47. The highest BCUT2D eigenvalue weighted by Gasteiger charge is 2.24. The van der Waals surface area contributed by atoms with Gasteiger partial charge in [0.15, 0.2) is 0 Å². The number of nitrogens with zero attached hydrogens (tertiary/aromatic N) is 3. The summed E-state index contributed by atoms with van der Waals surface area (Å²) in [6.45, 7) is 10.3. The molecular formula is C31H38Cl2N6O3. The van der Waals surface area contributed by atoms with Gasteiger partial charge in [-0.1, -0.05) is 49.2 Å². The number of urea groups is 1. The van der Waals surface area contributed by atoms with E-state index in [0.717, 1.165) is 62.9 Å². The fraction of sp³-hybridized carbons (Fsp3) is 0.355. The van der Waals surface area contributed by atoms with Gasteiger partial charge in [-0.05, 0) is 61.6 Å². The van der Waals surface area contributed by atoms with Crippen LogP contribution in [0.4, 0.5) is 27.5 Å². The Morgan fingerprint density at radius 2 is 1.57 bits per heavy atom. The van der Waals surface area contributed by atoms with Gasteiger partial charge in [-0.2, -0.15) is 0 Å². The summed E-state index contributed by atoms with van der Waals surface area (Å²) >= 11 is 12.2. The molecule has 9 nitrogen and oxygen atoms in total. The van der Waals surface area contributed by atoms with Gasteiger partial charge >= 0.3 is 6.03 Å². The Morgan fingerprint density at radius 1 is 0.881 bits per heavy atom. The molecule has 11 heteroatoms. The van der Waals surface area contributed by atoms with Gasteiger partial charge in [0.25, 0.3) is 5.91 Å². The first kappa shape index (κ1) is 31.3. The van der Waals surface area contributed by atoms with Crippen LogP contribution >= 0.6 is 23.2 Å². The second-order valence-corrected chi connectivity index (χ2v) is 10.7. The Labute approximate surface area is 257 Å². The van der Waals surface area contributed by atoms with E-state index in [-0.39, 0.29) is 5.91 Å². The van der Waals surface area contributed by atoms with Crippen molar-refractivity contribution in [3.05, 3.63) is 76.3 Å². The van der Waals surface area contributed by atoms with Crippen molar-refractivity contribution in [1.82, 2.24) is 10.2 Å². The monoisotopic (exact) mass is 612 g/mol. The molecule has 224 valence electrons. The normalized spacial score (nSPS) is 13.2. The van der Waals surface area contributed by atoms with E-state index in [9.17, 15) is 9.59 Å². The molecule has 0 radical (unpaired) electrons. The van der Waals surface area contributed by atoms with Crippen LogP contribution in [0.15, 0.2) is 60.7 Å². The third-order valence-electron chi connectivity index (χ3n) is 7.33. The summed E-state index contributed by atoms with van der Waals surface area (Å²) in [5.74, 6) is 0.655. The van der Waals surface area contributed by atoms with E-state index in [1.165, 1.54) is 0 Å². The van der Waals surface area contributed by atoms with E-state index in [0.29, 0.717) is 33.5 Å². The molecule has 1 saturated heterocycles. The Balaban J connectivity index is 1.51. The fourth-order valence-corrected chi connectivity index (χ4v) is 5.44. The summed E-state index contributed by atoms with van der Waals surface area (Å²) in [7, 11) is 1.68. The lowest BCUT2D eigenvalue weighted by atomic mass is 10.1. The third kappa shape index (κ3) is 8.00. The molecule has 4 rings (SSSR count). The summed E-state index contributed by atoms with van der Waals surface area (Å²) in [5.41, 5.74) is 3.30. The number of likely N-dealkylation sites (N-methyl/N-ethyl adjacent to an activating group) is 1. The average Bonchev–Trinajstić information content (AvgIpc) is 3.00. The van der Waals surface area contributed by atoms with Crippen molar-refractivity contribution < 1.29 is 14.3 Å². The van der Waals surface area contributed by atoms with Gasteiger partial charge in [-0.25, -0.2) is 4.79 Å². The molecule has 0 atom stereocenters. The van der Waals surface area contributed by atoms with Crippen LogP contribution in [0, 0.1) is 0 Å². The second-order valence-electron chi connectivity index (χ2n) is 9.86. The molecule has 0 unspecified atom stereocenters. The van der Waals surface area contributed by atoms with Crippen LogP contribution in [-0.2, 0) is 0 Å². The number of rotatable bonds is 11. The molecule has 0 bridgehead atoms. The number of benzene rings is 3. The number of carbonyl (C=O) groups is 2. The highest BCUT2D eigenvalue weighted by Crippen LogP contribution is 2.31. The van der Waals surface area contributed by atoms with Crippen LogP contribution in [0.2, 0.25) is 10.0 Å². The van der Waals surface area contributed by atoms with Crippen molar-refractivity contribution in [3.63, 3.8) is 0 Å². The first-order valence-electron chi connectivity index (χ1n) is 14.1. The minimum absolute atomic E-state index is 0.186. The van der Waals surface area contributed by atoms with Gasteiger partial charge < -0.3 is 35.4 Å². The number of para-hydroxylation sites is 2. The highest BCUT2D eigenvalue weighted by molar-refractivity contribution is 6.36. The first-order chi connectivity index (χ1) is 20.3. The topological polar surface area (TPSA) is 89.2 Å². The summed E-state index contributed by atoms with van der Waals surface area (Å²) in [6, 6.07) is 17.8. The average molecular weight is 614 g/mol. The Hall–Kier alpha value is -3.66. The van der Waals surface area contributed by atoms with E-state index in [1.54, 1.807) is 37.4 Å². The zero-order valence-electron chi connectivity index (χ0n) is 24.3. The standard InChI is InChI=1S/C31H38Cl2N6O3/c1-4-37(5-2)15-14-34-30(40)24-21-23(35-31(41)36-26-12-10-22(32)20-25(26)33)11-13-27(24)38-16-18-39(19-17-38)28-8-6-7-9-29(28)42-3/h6-13,20-21H,4-5,14-19H2,1-3H3,(H,34,40)(H2,35,36,41). The minimum Gasteiger partial charge on any atom is -0.495 e. The highest BCUT2D eigenvalue weighted by atomic mass is 35.5. The van der Waals surface area contributed by atoms with Crippen LogP contribution in [0.3, 0.4) is 0 Å². The van der Waals surface area contributed by atoms with Crippen molar-refractivity contribution in [1.29, 1.82) is 0 Å². The maximum absolute atomic E-state index is 13.5. The van der Waals surface area contributed by atoms with Crippen LogP contribution in [0.25, 0.3) is 0 Å². The number of hydrogen-bond acceptors (Lipinski definition) is 6. The first-order valence-corrected chi connectivity index (χ1v) is 14.9. The van der Waals surface area contributed by atoms with E-state index < -0.39 is 6.03 Å². The maximum atomic E-state index is 13.5. The number of halogens is 2. The lowest BCUT2D eigenvalue weighted by molar-refractivity contribution is 0.0949. The molecule has 0 saturated carbocycles. The number of hydrogen-bond donors (Lipinski definition) is 3. The molecule has 1 aliphatic rings. The summed E-state index contributed by atoms with van der Waals surface area (Å²) in [4.78, 5) is 33.0. The van der Waals surface area contributed by atoms with Gasteiger partial charge in [-0.15, -0.1) is 0 Å². The van der Waals surface area contributed by atoms with Crippen LogP contribution in [0.1, 0.15) is 24.2 Å². The third-order valence-corrected chi connectivity index (χ3v) is 7.88. The van der Waals surface area contributed by atoms with E-state index in [1.807, 2.05) is 24.3 Å². The molecule has 3 N–H and O–H groups in total.